The molecule has 1 unspecified atom stereocenters. The third-order valence-electron chi connectivity index (χ3n) is 3.63. The number of nitrogens with zero attached hydrogens (tertiary/aromatic N) is 1. The van der Waals surface area contributed by atoms with Gasteiger partial charge in [0.25, 0.3) is 5.91 Å². The number of likely N-dealkylation sites (tertiary alicyclic amines) is 1. The van der Waals surface area contributed by atoms with Gasteiger partial charge in [0.05, 0.1) is 0 Å². The van der Waals surface area contributed by atoms with E-state index in [1.807, 2.05) is 11.8 Å². The minimum atomic E-state index is -0.239. The Bertz CT molecular complexity index is 229. The van der Waals surface area contributed by atoms with E-state index in [1.165, 1.54) is 0 Å². The van der Waals surface area contributed by atoms with E-state index in [0.717, 1.165) is 32.6 Å². The highest BCUT2D eigenvalue weighted by molar-refractivity contribution is 5.81. The zero-order valence-corrected chi connectivity index (χ0v) is 9.53. The maximum atomic E-state index is 12.0. The van der Waals surface area contributed by atoms with Crippen LogP contribution in [0.25, 0.3) is 0 Å². The lowest BCUT2D eigenvalue weighted by Crippen LogP contribution is -2.39. The standard InChI is InChI=1S/C11H20N2O2/c1-3-10(15-2)11(14)13-6-8-4-12-5-9(8)7-13/h8-10,12H,3-7H2,1-2H3/t8-,9+,10?. The van der Waals surface area contributed by atoms with E-state index in [1.54, 1.807) is 7.11 Å². The number of methoxy groups -OCH3 is 1. The van der Waals surface area contributed by atoms with Crippen LogP contribution in [-0.2, 0) is 9.53 Å². The molecule has 2 aliphatic heterocycles. The van der Waals surface area contributed by atoms with Crippen LogP contribution in [0.4, 0.5) is 0 Å². The number of carbonyl (C=O) groups excluding carboxylic acids is 1. The van der Waals surface area contributed by atoms with E-state index in [0.29, 0.717) is 11.8 Å². The van der Waals surface area contributed by atoms with Gasteiger partial charge in [0.2, 0.25) is 0 Å². The normalized spacial score (nSPS) is 31.7. The highest BCUT2D eigenvalue weighted by Crippen LogP contribution is 2.27. The van der Waals surface area contributed by atoms with Crippen molar-refractivity contribution in [1.82, 2.24) is 10.2 Å². The van der Waals surface area contributed by atoms with Crippen LogP contribution in [0.15, 0.2) is 0 Å². The molecule has 86 valence electrons. The number of nitrogens with one attached hydrogen (secondary N) is 1. The van der Waals surface area contributed by atoms with Gasteiger partial charge in [-0.3, -0.25) is 4.79 Å². The molecule has 3 atom stereocenters. The first-order valence-electron chi connectivity index (χ1n) is 5.78. The molecular formula is C11H20N2O2. The summed E-state index contributed by atoms with van der Waals surface area (Å²) in [5, 5.41) is 3.37. The number of carbonyl (C=O) groups is 1. The van der Waals surface area contributed by atoms with Crippen LogP contribution in [0, 0.1) is 11.8 Å². The zero-order chi connectivity index (χ0) is 10.8. The summed E-state index contributed by atoms with van der Waals surface area (Å²) in [6, 6.07) is 0. The highest BCUT2D eigenvalue weighted by atomic mass is 16.5. The number of hydrogen-bond acceptors (Lipinski definition) is 3. The summed E-state index contributed by atoms with van der Waals surface area (Å²) in [7, 11) is 1.62. The van der Waals surface area contributed by atoms with Crippen molar-refractivity contribution < 1.29 is 9.53 Å². The maximum Gasteiger partial charge on any atom is 0.251 e. The molecule has 0 aromatic heterocycles. The quantitative estimate of drug-likeness (QED) is 0.721. The maximum absolute atomic E-state index is 12.0. The smallest absolute Gasteiger partial charge is 0.251 e. The van der Waals surface area contributed by atoms with Crippen LogP contribution in [0.3, 0.4) is 0 Å². The number of hydrogen-bond donors (Lipinski definition) is 1. The fourth-order valence-corrected chi connectivity index (χ4v) is 2.68. The molecule has 4 heteroatoms. The largest absolute Gasteiger partial charge is 0.372 e. The first kappa shape index (κ1) is 10.9. The van der Waals surface area contributed by atoms with Crippen molar-refractivity contribution in [3.05, 3.63) is 0 Å². The molecule has 2 rings (SSSR count). The van der Waals surface area contributed by atoms with Crippen molar-refractivity contribution >= 4 is 5.91 Å². The van der Waals surface area contributed by atoms with E-state index in [2.05, 4.69) is 5.32 Å². The molecule has 2 saturated heterocycles. The van der Waals surface area contributed by atoms with Gasteiger partial charge in [0, 0.05) is 33.3 Å². The van der Waals surface area contributed by atoms with Crippen LogP contribution < -0.4 is 5.32 Å². The van der Waals surface area contributed by atoms with Gasteiger partial charge in [0.15, 0.2) is 0 Å². The summed E-state index contributed by atoms with van der Waals surface area (Å²) in [5.74, 6) is 1.51. The Balaban J connectivity index is 1.92. The minimum Gasteiger partial charge on any atom is -0.372 e. The summed E-state index contributed by atoms with van der Waals surface area (Å²) in [6.07, 6.45) is 0.524. The van der Waals surface area contributed by atoms with Crippen LogP contribution >= 0.6 is 0 Å². The van der Waals surface area contributed by atoms with E-state index in [-0.39, 0.29) is 12.0 Å². The Morgan fingerprint density at radius 3 is 2.53 bits per heavy atom. The molecule has 2 heterocycles. The Morgan fingerprint density at radius 2 is 2.07 bits per heavy atom. The van der Waals surface area contributed by atoms with Crippen LogP contribution in [-0.4, -0.2) is 50.2 Å². The zero-order valence-electron chi connectivity index (χ0n) is 9.53. The average Bonchev–Trinajstić information content (AvgIpc) is 2.78. The monoisotopic (exact) mass is 212 g/mol. The lowest BCUT2D eigenvalue weighted by Gasteiger charge is -2.22. The van der Waals surface area contributed by atoms with Crippen molar-refractivity contribution in [3.8, 4) is 0 Å². The first-order chi connectivity index (χ1) is 7.26. The molecular weight excluding hydrogens is 192 g/mol. The molecule has 2 aliphatic rings. The fourth-order valence-electron chi connectivity index (χ4n) is 2.68. The van der Waals surface area contributed by atoms with E-state index in [4.69, 9.17) is 4.74 Å². The second-order valence-electron chi connectivity index (χ2n) is 4.55. The molecule has 0 bridgehead atoms. The van der Waals surface area contributed by atoms with Crippen molar-refractivity contribution in [3.63, 3.8) is 0 Å². The molecule has 0 radical (unpaired) electrons. The lowest BCUT2D eigenvalue weighted by molar-refractivity contribution is -0.141. The van der Waals surface area contributed by atoms with Crippen molar-refractivity contribution in [2.24, 2.45) is 11.8 Å². The van der Waals surface area contributed by atoms with Gasteiger partial charge in [-0.25, -0.2) is 0 Å². The number of rotatable bonds is 3. The van der Waals surface area contributed by atoms with Crippen LogP contribution in [0.5, 0.6) is 0 Å². The SMILES string of the molecule is CCC(OC)C(=O)N1C[C@H]2CNC[C@H]2C1. The molecule has 1 amide bonds. The predicted octanol–water partition coefficient (Wildman–Crippen LogP) is 0.0892. The summed E-state index contributed by atoms with van der Waals surface area (Å²) in [5.41, 5.74) is 0. The highest BCUT2D eigenvalue weighted by Gasteiger charge is 2.39. The van der Waals surface area contributed by atoms with E-state index >= 15 is 0 Å². The van der Waals surface area contributed by atoms with Crippen molar-refractivity contribution in [2.45, 2.75) is 19.4 Å². The Hall–Kier alpha value is -0.610. The van der Waals surface area contributed by atoms with Crippen molar-refractivity contribution in [2.75, 3.05) is 33.3 Å². The Labute approximate surface area is 91.0 Å². The summed E-state index contributed by atoms with van der Waals surface area (Å²) >= 11 is 0. The van der Waals surface area contributed by atoms with Crippen LogP contribution in [0.2, 0.25) is 0 Å². The summed E-state index contributed by atoms with van der Waals surface area (Å²) in [4.78, 5) is 14.0. The van der Waals surface area contributed by atoms with E-state index < -0.39 is 0 Å². The van der Waals surface area contributed by atoms with Gasteiger partial charge in [-0.15, -0.1) is 0 Å². The van der Waals surface area contributed by atoms with Gasteiger partial charge in [-0.05, 0) is 18.3 Å². The summed E-state index contributed by atoms with van der Waals surface area (Å²) < 4.78 is 5.19. The Kier molecular flexibility index (Phi) is 3.26. The third-order valence-corrected chi connectivity index (χ3v) is 3.63. The number of amides is 1. The molecule has 0 aromatic carbocycles. The average molecular weight is 212 g/mol. The second-order valence-corrected chi connectivity index (χ2v) is 4.55. The van der Waals surface area contributed by atoms with Crippen LogP contribution in [0.1, 0.15) is 13.3 Å². The second kappa shape index (κ2) is 4.49. The third kappa shape index (κ3) is 2.01. The first-order valence-corrected chi connectivity index (χ1v) is 5.78. The molecule has 0 saturated carbocycles. The van der Waals surface area contributed by atoms with Gasteiger partial charge in [0.1, 0.15) is 6.10 Å². The number of ether oxygens (including phenoxy) is 1. The minimum absolute atomic E-state index is 0.175. The molecule has 15 heavy (non-hydrogen) atoms. The van der Waals surface area contributed by atoms with Gasteiger partial charge in [-0.1, -0.05) is 6.92 Å². The topological polar surface area (TPSA) is 41.6 Å². The molecule has 0 spiro atoms. The molecule has 2 fully saturated rings. The molecule has 0 aliphatic carbocycles. The predicted molar refractivity (Wildman–Crippen MR) is 57.5 cm³/mol. The van der Waals surface area contributed by atoms with Gasteiger partial charge < -0.3 is 15.0 Å². The lowest BCUT2D eigenvalue weighted by atomic mass is 10.0. The summed E-state index contributed by atoms with van der Waals surface area (Å²) in [6.45, 7) is 5.95. The molecule has 4 nitrogen and oxygen atoms in total. The number of fused-ring (bicyclic) bond motifs is 1. The van der Waals surface area contributed by atoms with E-state index in [9.17, 15) is 4.79 Å². The Morgan fingerprint density at radius 1 is 1.47 bits per heavy atom. The fraction of sp³-hybridized carbons (Fsp3) is 0.909. The molecule has 0 aromatic rings. The van der Waals surface area contributed by atoms with Gasteiger partial charge >= 0.3 is 0 Å². The van der Waals surface area contributed by atoms with Crippen molar-refractivity contribution in [1.29, 1.82) is 0 Å². The van der Waals surface area contributed by atoms with Gasteiger partial charge in [-0.2, -0.15) is 0 Å². The molecule has 1 N–H and O–H groups in total.